The lowest BCUT2D eigenvalue weighted by molar-refractivity contribution is -0.384. The summed E-state index contributed by atoms with van der Waals surface area (Å²) in [5, 5.41) is 10.6. The van der Waals surface area contributed by atoms with Gasteiger partial charge in [0.15, 0.2) is 0 Å². The Morgan fingerprint density at radius 3 is 2.82 bits per heavy atom. The van der Waals surface area contributed by atoms with Crippen LogP contribution >= 0.6 is 0 Å². The van der Waals surface area contributed by atoms with E-state index < -0.39 is 4.92 Å². The number of carbonyl (C=O) groups is 1. The fourth-order valence-corrected chi connectivity index (χ4v) is 1.45. The van der Waals surface area contributed by atoms with Gasteiger partial charge in [0.25, 0.3) is 11.6 Å². The number of nitrogens with zero attached hydrogens (tertiary/aromatic N) is 2. The maximum Gasteiger partial charge on any atom is 0.270 e. The normalized spacial score (nSPS) is 9.71. The fourth-order valence-electron chi connectivity index (χ4n) is 1.45. The van der Waals surface area contributed by atoms with Gasteiger partial charge < -0.3 is 4.90 Å². The molecule has 5 nitrogen and oxygen atoms in total. The van der Waals surface area contributed by atoms with E-state index in [4.69, 9.17) is 0 Å². The summed E-state index contributed by atoms with van der Waals surface area (Å²) in [7, 11) is 0. The van der Waals surface area contributed by atoms with Crippen molar-refractivity contribution in [2.75, 3.05) is 13.1 Å². The van der Waals surface area contributed by atoms with Gasteiger partial charge in [-0.3, -0.25) is 14.9 Å². The van der Waals surface area contributed by atoms with Crippen LogP contribution in [0.25, 0.3) is 0 Å². The number of amides is 1. The zero-order valence-electron chi connectivity index (χ0n) is 9.63. The van der Waals surface area contributed by atoms with Crippen molar-refractivity contribution >= 4 is 11.6 Å². The Labute approximate surface area is 99.5 Å². The van der Waals surface area contributed by atoms with Gasteiger partial charge in [0, 0.05) is 30.8 Å². The quantitative estimate of drug-likeness (QED) is 0.446. The fraction of sp³-hybridized carbons (Fsp3) is 0.250. The third kappa shape index (κ3) is 3.14. The second-order valence-electron chi connectivity index (χ2n) is 3.44. The molecule has 1 aromatic rings. The lowest BCUT2D eigenvalue weighted by Gasteiger charge is -2.18. The lowest BCUT2D eigenvalue weighted by atomic mass is 10.1. The van der Waals surface area contributed by atoms with Crippen LogP contribution in [0.15, 0.2) is 36.9 Å². The zero-order chi connectivity index (χ0) is 12.8. The minimum Gasteiger partial charge on any atom is -0.335 e. The predicted molar refractivity (Wildman–Crippen MR) is 64.9 cm³/mol. The van der Waals surface area contributed by atoms with Crippen LogP contribution in [-0.4, -0.2) is 28.8 Å². The van der Waals surface area contributed by atoms with E-state index in [9.17, 15) is 14.9 Å². The monoisotopic (exact) mass is 234 g/mol. The van der Waals surface area contributed by atoms with Crippen LogP contribution < -0.4 is 0 Å². The Morgan fingerprint density at radius 2 is 2.29 bits per heavy atom. The molecule has 0 radical (unpaired) electrons. The molecule has 0 atom stereocenters. The van der Waals surface area contributed by atoms with Crippen molar-refractivity contribution in [2.24, 2.45) is 0 Å². The van der Waals surface area contributed by atoms with Crippen molar-refractivity contribution in [1.29, 1.82) is 0 Å². The molecular weight excluding hydrogens is 220 g/mol. The van der Waals surface area contributed by atoms with Crippen LogP contribution in [0.5, 0.6) is 0 Å². The Balaban J connectivity index is 2.98. The van der Waals surface area contributed by atoms with E-state index in [0.29, 0.717) is 18.7 Å². The van der Waals surface area contributed by atoms with Crippen LogP contribution in [-0.2, 0) is 0 Å². The smallest absolute Gasteiger partial charge is 0.270 e. The predicted octanol–water partition coefficient (Wildman–Crippen LogP) is 2.24. The highest BCUT2D eigenvalue weighted by atomic mass is 16.6. The maximum atomic E-state index is 12.0. The SMILES string of the molecule is C=CCN(CC)C(=O)c1cccc([N+](=O)[O-])c1. The van der Waals surface area contributed by atoms with Gasteiger partial charge in [-0.2, -0.15) is 0 Å². The van der Waals surface area contributed by atoms with E-state index in [1.807, 2.05) is 6.92 Å². The summed E-state index contributed by atoms with van der Waals surface area (Å²) in [5.74, 6) is -0.226. The second kappa shape index (κ2) is 5.79. The number of carbonyl (C=O) groups excluding carboxylic acids is 1. The first kappa shape index (κ1) is 12.9. The highest BCUT2D eigenvalue weighted by Crippen LogP contribution is 2.14. The van der Waals surface area contributed by atoms with Crippen molar-refractivity contribution < 1.29 is 9.72 Å². The molecular formula is C12H14N2O3. The summed E-state index contributed by atoms with van der Waals surface area (Å²) in [5.41, 5.74) is 0.244. The first-order valence-electron chi connectivity index (χ1n) is 5.24. The Morgan fingerprint density at radius 1 is 1.59 bits per heavy atom. The molecule has 0 aliphatic heterocycles. The molecule has 0 N–H and O–H groups in total. The average Bonchev–Trinajstić information content (AvgIpc) is 2.35. The summed E-state index contributed by atoms with van der Waals surface area (Å²) in [4.78, 5) is 23.6. The number of nitro benzene ring substituents is 1. The highest BCUT2D eigenvalue weighted by Gasteiger charge is 2.15. The molecule has 1 amide bonds. The molecule has 0 spiro atoms. The molecule has 0 aromatic heterocycles. The summed E-state index contributed by atoms with van der Waals surface area (Å²) < 4.78 is 0. The van der Waals surface area contributed by atoms with Gasteiger partial charge in [-0.15, -0.1) is 6.58 Å². The summed E-state index contributed by atoms with van der Waals surface area (Å²) in [6, 6.07) is 5.73. The molecule has 90 valence electrons. The standard InChI is InChI=1S/C12H14N2O3/c1-3-8-13(4-2)12(15)10-6-5-7-11(9-10)14(16)17/h3,5-7,9H,1,4,8H2,2H3. The molecule has 0 bridgehead atoms. The molecule has 0 aliphatic carbocycles. The Kier molecular flexibility index (Phi) is 4.39. The number of likely N-dealkylation sites (N-methyl/N-ethyl adjacent to an activating group) is 1. The highest BCUT2D eigenvalue weighted by molar-refractivity contribution is 5.94. The molecule has 0 heterocycles. The number of benzene rings is 1. The maximum absolute atomic E-state index is 12.0. The van der Waals surface area contributed by atoms with Crippen molar-refractivity contribution in [2.45, 2.75) is 6.92 Å². The van der Waals surface area contributed by atoms with Crippen LogP contribution in [0, 0.1) is 10.1 Å². The van der Waals surface area contributed by atoms with E-state index >= 15 is 0 Å². The van der Waals surface area contributed by atoms with E-state index in [2.05, 4.69) is 6.58 Å². The van der Waals surface area contributed by atoms with Gasteiger partial charge >= 0.3 is 0 Å². The van der Waals surface area contributed by atoms with E-state index in [-0.39, 0.29) is 11.6 Å². The summed E-state index contributed by atoms with van der Waals surface area (Å²) >= 11 is 0. The van der Waals surface area contributed by atoms with E-state index in [0.717, 1.165) is 0 Å². The molecule has 0 unspecified atom stereocenters. The average molecular weight is 234 g/mol. The van der Waals surface area contributed by atoms with Gasteiger partial charge in [-0.05, 0) is 13.0 Å². The molecule has 0 aliphatic rings. The van der Waals surface area contributed by atoms with E-state index in [1.165, 1.54) is 18.2 Å². The third-order valence-corrected chi connectivity index (χ3v) is 2.32. The molecule has 1 rings (SSSR count). The Bertz CT molecular complexity index is 443. The number of non-ortho nitro benzene ring substituents is 1. The van der Waals surface area contributed by atoms with Gasteiger partial charge in [-0.25, -0.2) is 0 Å². The Hall–Kier alpha value is -2.17. The molecule has 5 heteroatoms. The molecule has 0 saturated carbocycles. The number of hydrogen-bond donors (Lipinski definition) is 0. The summed E-state index contributed by atoms with van der Waals surface area (Å²) in [6.07, 6.45) is 1.62. The zero-order valence-corrected chi connectivity index (χ0v) is 9.63. The van der Waals surface area contributed by atoms with Gasteiger partial charge in [-0.1, -0.05) is 12.1 Å². The lowest BCUT2D eigenvalue weighted by Crippen LogP contribution is -2.30. The minimum absolute atomic E-state index is 0.0782. The minimum atomic E-state index is -0.513. The first-order valence-corrected chi connectivity index (χ1v) is 5.24. The molecule has 17 heavy (non-hydrogen) atoms. The second-order valence-corrected chi connectivity index (χ2v) is 3.44. The first-order chi connectivity index (χ1) is 8.10. The van der Waals surface area contributed by atoms with Crippen LogP contribution in [0.1, 0.15) is 17.3 Å². The summed E-state index contributed by atoms with van der Waals surface area (Å²) in [6.45, 7) is 6.38. The molecule has 0 fully saturated rings. The van der Waals surface area contributed by atoms with E-state index in [1.54, 1.807) is 17.0 Å². The number of hydrogen-bond acceptors (Lipinski definition) is 3. The van der Waals surface area contributed by atoms with Gasteiger partial charge in [0.2, 0.25) is 0 Å². The van der Waals surface area contributed by atoms with Gasteiger partial charge in [0.1, 0.15) is 0 Å². The van der Waals surface area contributed by atoms with Crippen molar-refractivity contribution in [3.8, 4) is 0 Å². The number of rotatable bonds is 5. The van der Waals surface area contributed by atoms with Crippen molar-refractivity contribution in [1.82, 2.24) is 4.90 Å². The molecule has 0 saturated heterocycles. The van der Waals surface area contributed by atoms with Gasteiger partial charge in [0.05, 0.1) is 4.92 Å². The van der Waals surface area contributed by atoms with Crippen LogP contribution in [0.3, 0.4) is 0 Å². The third-order valence-electron chi connectivity index (χ3n) is 2.32. The van der Waals surface area contributed by atoms with Crippen molar-refractivity contribution in [3.05, 3.63) is 52.6 Å². The van der Waals surface area contributed by atoms with Crippen molar-refractivity contribution in [3.63, 3.8) is 0 Å². The number of nitro groups is 1. The van der Waals surface area contributed by atoms with Crippen LogP contribution in [0.4, 0.5) is 5.69 Å². The van der Waals surface area contributed by atoms with Crippen LogP contribution in [0.2, 0.25) is 0 Å². The topological polar surface area (TPSA) is 63.5 Å². The largest absolute Gasteiger partial charge is 0.335 e. The molecule has 1 aromatic carbocycles.